The van der Waals surface area contributed by atoms with E-state index in [0.717, 1.165) is 55.8 Å². The van der Waals surface area contributed by atoms with Gasteiger partial charge in [-0.3, -0.25) is 14.7 Å². The molecular formula is C15H24N6O2S. The van der Waals surface area contributed by atoms with E-state index in [4.69, 9.17) is 5.73 Å². The molecule has 1 saturated carbocycles. The molecule has 0 aromatic carbocycles. The summed E-state index contributed by atoms with van der Waals surface area (Å²) in [5, 5.41) is 11.1. The van der Waals surface area contributed by atoms with Gasteiger partial charge in [0.2, 0.25) is 11.9 Å². The van der Waals surface area contributed by atoms with Crippen LogP contribution in [-0.2, 0) is 4.79 Å². The van der Waals surface area contributed by atoms with Crippen LogP contribution >= 0.6 is 11.8 Å². The third-order valence-corrected chi connectivity index (χ3v) is 5.58. The highest BCUT2D eigenvalue weighted by Gasteiger charge is 2.33. The highest BCUT2D eigenvalue weighted by molar-refractivity contribution is 8.00. The van der Waals surface area contributed by atoms with Crippen LogP contribution in [0, 0.1) is 5.92 Å². The van der Waals surface area contributed by atoms with Crippen LogP contribution in [0.5, 0.6) is 0 Å². The van der Waals surface area contributed by atoms with Gasteiger partial charge in [0, 0.05) is 19.1 Å². The Morgan fingerprint density at radius 2 is 1.92 bits per heavy atom. The summed E-state index contributed by atoms with van der Waals surface area (Å²) in [6, 6.07) is -0.414. The maximum atomic E-state index is 11.9. The smallest absolute Gasteiger partial charge is 0.318 e. The number of anilines is 1. The molecular weight excluding hydrogens is 328 g/mol. The number of imide groups is 1. The van der Waals surface area contributed by atoms with E-state index in [2.05, 4.69) is 31.9 Å². The Bertz CT molecular complexity index is 621. The lowest BCUT2D eigenvalue weighted by Crippen LogP contribution is -2.39. The lowest BCUT2D eigenvalue weighted by atomic mass is 10.00. The molecule has 1 saturated heterocycles. The molecule has 132 valence electrons. The molecule has 9 heteroatoms. The van der Waals surface area contributed by atoms with Crippen molar-refractivity contribution in [1.29, 1.82) is 0 Å². The summed E-state index contributed by atoms with van der Waals surface area (Å²) in [5.41, 5.74) is 5.01. The fraction of sp³-hybridized carbons (Fsp3) is 0.733. The minimum absolute atomic E-state index is 0.411. The van der Waals surface area contributed by atoms with Crippen molar-refractivity contribution in [2.24, 2.45) is 11.7 Å². The minimum atomic E-state index is -0.834. The van der Waals surface area contributed by atoms with Crippen LogP contribution in [0.25, 0.3) is 0 Å². The molecule has 1 atom stereocenters. The van der Waals surface area contributed by atoms with Crippen molar-refractivity contribution < 1.29 is 9.59 Å². The number of carbonyl (C=O) groups excluding carboxylic acids is 2. The summed E-state index contributed by atoms with van der Waals surface area (Å²) in [6.45, 7) is 6.00. The van der Waals surface area contributed by atoms with E-state index in [1.54, 1.807) is 6.92 Å². The number of hydrogen-bond acceptors (Lipinski definition) is 6. The summed E-state index contributed by atoms with van der Waals surface area (Å²) in [6.07, 6.45) is 4.56. The van der Waals surface area contributed by atoms with Gasteiger partial charge >= 0.3 is 6.03 Å². The third kappa shape index (κ3) is 3.82. The topological polar surface area (TPSA) is 106 Å². The summed E-state index contributed by atoms with van der Waals surface area (Å²) in [5.74, 6) is 1.26. The molecule has 1 aliphatic carbocycles. The first-order valence-corrected chi connectivity index (χ1v) is 9.30. The number of nitrogens with zero attached hydrogens (tertiary/aromatic N) is 4. The first kappa shape index (κ1) is 17.1. The van der Waals surface area contributed by atoms with Crippen LogP contribution < -0.4 is 16.0 Å². The zero-order valence-corrected chi connectivity index (χ0v) is 14.9. The predicted octanol–water partition coefficient (Wildman–Crippen LogP) is 1.52. The van der Waals surface area contributed by atoms with E-state index in [9.17, 15) is 9.59 Å². The van der Waals surface area contributed by atoms with Crippen molar-refractivity contribution >= 4 is 29.6 Å². The first-order chi connectivity index (χ1) is 11.5. The second-order valence-electron chi connectivity index (χ2n) is 6.67. The molecule has 1 unspecified atom stereocenters. The number of nitrogens with two attached hydrogens (primary N) is 1. The average molecular weight is 352 g/mol. The first-order valence-electron chi connectivity index (χ1n) is 8.42. The Kier molecular flexibility index (Phi) is 4.98. The van der Waals surface area contributed by atoms with Crippen LogP contribution in [-0.4, -0.2) is 45.0 Å². The third-order valence-electron chi connectivity index (χ3n) is 4.52. The Balaban J connectivity index is 1.74. The molecule has 1 aromatic heterocycles. The number of piperidine rings is 1. The number of hydrogen-bond donors (Lipinski definition) is 2. The number of carbonyl (C=O) groups is 2. The van der Waals surface area contributed by atoms with Crippen LogP contribution in [0.2, 0.25) is 0 Å². The second kappa shape index (κ2) is 7.00. The normalized spacial score (nSPS) is 20.0. The average Bonchev–Trinajstić information content (AvgIpc) is 3.28. The van der Waals surface area contributed by atoms with E-state index >= 15 is 0 Å². The largest absolute Gasteiger partial charge is 0.351 e. The van der Waals surface area contributed by atoms with Gasteiger partial charge in [-0.05, 0) is 38.5 Å². The van der Waals surface area contributed by atoms with Crippen molar-refractivity contribution in [2.75, 3.05) is 18.0 Å². The molecule has 2 fully saturated rings. The van der Waals surface area contributed by atoms with Crippen LogP contribution in [0.15, 0.2) is 5.16 Å². The Morgan fingerprint density at radius 3 is 2.50 bits per heavy atom. The van der Waals surface area contributed by atoms with Crippen molar-refractivity contribution in [3.63, 3.8) is 0 Å². The Hall–Kier alpha value is -1.77. The highest BCUT2D eigenvalue weighted by atomic mass is 32.2. The molecule has 0 radical (unpaired) electrons. The van der Waals surface area contributed by atoms with E-state index < -0.39 is 17.2 Å². The summed E-state index contributed by atoms with van der Waals surface area (Å²) < 4.78 is 2.16. The zero-order chi connectivity index (χ0) is 17.3. The van der Waals surface area contributed by atoms with Gasteiger partial charge in [-0.1, -0.05) is 18.7 Å². The number of rotatable bonds is 5. The van der Waals surface area contributed by atoms with Gasteiger partial charge in [0.05, 0.1) is 5.25 Å². The molecule has 24 heavy (non-hydrogen) atoms. The second-order valence-corrected chi connectivity index (χ2v) is 7.97. The Labute approximate surface area is 145 Å². The number of amides is 3. The zero-order valence-electron chi connectivity index (χ0n) is 14.1. The van der Waals surface area contributed by atoms with E-state index in [0.29, 0.717) is 6.04 Å². The van der Waals surface area contributed by atoms with Gasteiger partial charge in [-0.2, -0.15) is 0 Å². The molecule has 3 amide bonds. The fourth-order valence-electron chi connectivity index (χ4n) is 2.86. The van der Waals surface area contributed by atoms with Gasteiger partial charge < -0.3 is 10.6 Å². The van der Waals surface area contributed by atoms with E-state index in [-0.39, 0.29) is 0 Å². The molecule has 2 aliphatic rings. The number of thioether (sulfide) groups is 1. The molecule has 0 spiro atoms. The molecule has 8 nitrogen and oxygen atoms in total. The van der Waals surface area contributed by atoms with E-state index in [1.165, 1.54) is 11.8 Å². The Morgan fingerprint density at radius 1 is 1.25 bits per heavy atom. The van der Waals surface area contributed by atoms with Gasteiger partial charge in [0.15, 0.2) is 5.16 Å². The SMILES string of the molecule is CC1CCN(c2nnc(SC(C)C(=O)NC(N)=O)n2C2CC2)CC1. The van der Waals surface area contributed by atoms with Crippen LogP contribution in [0.3, 0.4) is 0 Å². The summed E-state index contributed by atoms with van der Waals surface area (Å²) in [4.78, 5) is 25.0. The van der Waals surface area contributed by atoms with Crippen LogP contribution in [0.1, 0.15) is 45.6 Å². The minimum Gasteiger partial charge on any atom is -0.351 e. The highest BCUT2D eigenvalue weighted by Crippen LogP contribution is 2.42. The summed E-state index contributed by atoms with van der Waals surface area (Å²) in [7, 11) is 0. The molecule has 0 bridgehead atoms. The van der Waals surface area contributed by atoms with Crippen molar-refractivity contribution in [3.8, 4) is 0 Å². The van der Waals surface area contributed by atoms with E-state index in [1.807, 2.05) is 0 Å². The fourth-order valence-corrected chi connectivity index (χ4v) is 3.78. The maximum Gasteiger partial charge on any atom is 0.318 e. The number of aromatic nitrogens is 3. The quantitative estimate of drug-likeness (QED) is 0.778. The van der Waals surface area contributed by atoms with Gasteiger partial charge in [0.25, 0.3) is 0 Å². The molecule has 2 heterocycles. The van der Waals surface area contributed by atoms with Gasteiger partial charge in [-0.25, -0.2) is 4.79 Å². The number of primary amides is 1. The van der Waals surface area contributed by atoms with Crippen molar-refractivity contribution in [1.82, 2.24) is 20.1 Å². The molecule has 3 N–H and O–H groups in total. The lowest BCUT2D eigenvalue weighted by Gasteiger charge is -2.31. The van der Waals surface area contributed by atoms with Gasteiger partial charge in [0.1, 0.15) is 0 Å². The maximum absolute atomic E-state index is 11.9. The lowest BCUT2D eigenvalue weighted by molar-refractivity contribution is -0.119. The van der Waals surface area contributed by atoms with Crippen LogP contribution in [0.4, 0.5) is 10.7 Å². The predicted molar refractivity (Wildman–Crippen MR) is 91.9 cm³/mol. The summed E-state index contributed by atoms with van der Waals surface area (Å²) >= 11 is 1.32. The van der Waals surface area contributed by atoms with Gasteiger partial charge in [-0.15, -0.1) is 10.2 Å². The molecule has 1 aliphatic heterocycles. The van der Waals surface area contributed by atoms with Crippen molar-refractivity contribution in [3.05, 3.63) is 0 Å². The number of urea groups is 1. The molecule has 3 rings (SSSR count). The monoisotopic (exact) mass is 352 g/mol. The standard InChI is InChI=1S/C15H24N6O2S/c1-9-5-7-20(8-6-9)14-18-19-15(21(14)11-3-4-11)24-10(2)12(22)17-13(16)23/h9-11H,3-8H2,1-2H3,(H3,16,17,22,23). The molecule has 1 aromatic rings. The van der Waals surface area contributed by atoms with Crippen molar-refractivity contribution in [2.45, 2.75) is 56.0 Å². The number of nitrogens with one attached hydrogen (secondary N) is 1.